The van der Waals surface area contributed by atoms with Gasteiger partial charge in [0.15, 0.2) is 5.69 Å². The second kappa shape index (κ2) is 4.37. The van der Waals surface area contributed by atoms with Gasteiger partial charge in [-0.3, -0.25) is 0 Å². The molecule has 0 aliphatic heterocycles. The smallest absolute Gasteiger partial charge is 0.355 e. The van der Waals surface area contributed by atoms with E-state index in [-0.39, 0.29) is 5.82 Å². The third-order valence-electron chi connectivity index (χ3n) is 2.80. The van der Waals surface area contributed by atoms with Crippen molar-refractivity contribution in [1.29, 1.82) is 0 Å². The Morgan fingerprint density at radius 3 is 2.58 bits per heavy atom. The number of imidazole rings is 1. The number of hydrogen-bond acceptors (Lipinski definition) is 3. The minimum atomic E-state index is -0.427. The lowest BCUT2D eigenvalue weighted by molar-refractivity contribution is -0.389. The fourth-order valence-electron chi connectivity index (χ4n) is 1.96. The third kappa shape index (κ3) is 1.94. The average molecular weight is 274 g/mol. The summed E-state index contributed by atoms with van der Waals surface area (Å²) < 4.78 is 1.46. The maximum Gasteiger partial charge on any atom is 0.355 e. The topological polar surface area (TPSA) is 60.4 Å². The van der Waals surface area contributed by atoms with Crippen LogP contribution in [0.2, 0.25) is 5.02 Å². The highest BCUT2D eigenvalue weighted by Gasteiger charge is 2.23. The number of nitro groups is 1. The minimum Gasteiger partial charge on any atom is -0.358 e. The van der Waals surface area contributed by atoms with Gasteiger partial charge in [-0.1, -0.05) is 29.8 Å². The van der Waals surface area contributed by atoms with E-state index in [1.165, 1.54) is 4.40 Å². The van der Waals surface area contributed by atoms with Crippen molar-refractivity contribution in [3.8, 4) is 11.3 Å². The molecule has 94 valence electrons. The molecule has 19 heavy (non-hydrogen) atoms. The van der Waals surface area contributed by atoms with E-state index in [2.05, 4.69) is 4.98 Å². The van der Waals surface area contributed by atoms with E-state index in [9.17, 15) is 10.1 Å². The third-order valence-corrected chi connectivity index (χ3v) is 3.05. The predicted octanol–water partition coefficient (Wildman–Crippen LogP) is 3.56. The molecule has 0 saturated carbocycles. The Bertz CT molecular complexity index is 765. The van der Waals surface area contributed by atoms with Crippen molar-refractivity contribution in [2.75, 3.05) is 0 Å². The highest BCUT2D eigenvalue weighted by molar-refractivity contribution is 6.30. The van der Waals surface area contributed by atoms with Gasteiger partial charge >= 0.3 is 5.82 Å². The molecule has 2 aromatic heterocycles. The van der Waals surface area contributed by atoms with Crippen molar-refractivity contribution in [3.63, 3.8) is 0 Å². The molecule has 0 radical (unpaired) electrons. The molecule has 0 spiro atoms. The largest absolute Gasteiger partial charge is 0.358 e. The first-order valence-electron chi connectivity index (χ1n) is 5.54. The number of nitrogens with zero attached hydrogens (tertiary/aromatic N) is 3. The molecule has 3 aromatic rings. The molecule has 6 heteroatoms. The minimum absolute atomic E-state index is 0.0436. The van der Waals surface area contributed by atoms with Crippen LogP contribution in [-0.4, -0.2) is 14.3 Å². The highest BCUT2D eigenvalue weighted by Crippen LogP contribution is 2.30. The molecular formula is C13H8ClN3O2. The van der Waals surface area contributed by atoms with E-state index >= 15 is 0 Å². The van der Waals surface area contributed by atoms with E-state index in [4.69, 9.17) is 11.6 Å². The number of aromatic nitrogens is 2. The SMILES string of the molecule is O=[N+]([O-])c1c(-c2ccc(Cl)cc2)nc2ccccn12. The standard InChI is InChI=1S/C13H8ClN3O2/c14-10-6-4-9(5-7-10)12-13(17(18)19)16-8-2-1-3-11(16)15-12/h1-8H. The fraction of sp³-hybridized carbons (Fsp3) is 0. The second-order valence-electron chi connectivity index (χ2n) is 3.98. The Hall–Kier alpha value is -2.40. The van der Waals surface area contributed by atoms with Crippen LogP contribution in [0.5, 0.6) is 0 Å². The lowest BCUT2D eigenvalue weighted by atomic mass is 10.1. The first-order chi connectivity index (χ1) is 9.16. The molecule has 0 aliphatic carbocycles. The summed E-state index contributed by atoms with van der Waals surface area (Å²) in [5.74, 6) is -0.0436. The number of pyridine rings is 1. The average Bonchev–Trinajstić information content (AvgIpc) is 2.78. The summed E-state index contributed by atoms with van der Waals surface area (Å²) in [6.07, 6.45) is 1.62. The van der Waals surface area contributed by atoms with E-state index in [1.54, 1.807) is 48.7 Å². The first-order valence-corrected chi connectivity index (χ1v) is 5.92. The van der Waals surface area contributed by atoms with E-state index < -0.39 is 4.92 Å². The van der Waals surface area contributed by atoms with E-state index in [0.717, 1.165) is 0 Å². The molecule has 5 nitrogen and oxygen atoms in total. The monoisotopic (exact) mass is 273 g/mol. The molecule has 0 aliphatic rings. The summed E-state index contributed by atoms with van der Waals surface area (Å²) in [7, 11) is 0. The highest BCUT2D eigenvalue weighted by atomic mass is 35.5. The van der Waals surface area contributed by atoms with Crippen LogP contribution in [0.3, 0.4) is 0 Å². The number of rotatable bonds is 2. The van der Waals surface area contributed by atoms with Crippen molar-refractivity contribution in [3.05, 3.63) is 63.8 Å². The lowest BCUT2D eigenvalue weighted by Crippen LogP contribution is -1.95. The van der Waals surface area contributed by atoms with Crippen LogP contribution in [0.1, 0.15) is 0 Å². The molecule has 0 amide bonds. The first kappa shape index (κ1) is 11.7. The quantitative estimate of drug-likeness (QED) is 0.530. The van der Waals surface area contributed by atoms with Crippen LogP contribution in [0, 0.1) is 10.1 Å². The van der Waals surface area contributed by atoms with Gasteiger partial charge in [-0.05, 0) is 23.1 Å². The predicted molar refractivity (Wildman–Crippen MR) is 72.3 cm³/mol. The molecule has 0 saturated heterocycles. The summed E-state index contributed by atoms with van der Waals surface area (Å²) in [6, 6.07) is 12.1. The summed E-state index contributed by atoms with van der Waals surface area (Å²) in [4.78, 5) is 15.1. The Kier molecular flexibility index (Phi) is 2.68. The van der Waals surface area contributed by atoms with Gasteiger partial charge in [0.2, 0.25) is 5.65 Å². The van der Waals surface area contributed by atoms with Crippen LogP contribution in [0.25, 0.3) is 16.9 Å². The van der Waals surface area contributed by atoms with Crippen LogP contribution >= 0.6 is 11.6 Å². The zero-order chi connectivity index (χ0) is 13.4. The van der Waals surface area contributed by atoms with Crippen molar-refractivity contribution in [2.45, 2.75) is 0 Å². The van der Waals surface area contributed by atoms with Crippen molar-refractivity contribution in [1.82, 2.24) is 9.38 Å². The molecule has 0 fully saturated rings. The Balaban J connectivity index is 2.31. The van der Waals surface area contributed by atoms with Crippen LogP contribution < -0.4 is 0 Å². The van der Waals surface area contributed by atoms with Gasteiger partial charge in [0.1, 0.15) is 0 Å². The van der Waals surface area contributed by atoms with Crippen molar-refractivity contribution in [2.24, 2.45) is 0 Å². The maximum absolute atomic E-state index is 11.3. The molecule has 1 aromatic carbocycles. The summed E-state index contributed by atoms with van der Waals surface area (Å²) >= 11 is 5.82. The number of halogens is 1. The van der Waals surface area contributed by atoms with Crippen LogP contribution in [0.15, 0.2) is 48.7 Å². The molecule has 0 atom stereocenters. The van der Waals surface area contributed by atoms with Crippen molar-refractivity contribution < 1.29 is 4.92 Å². The van der Waals surface area contributed by atoms with Gasteiger partial charge in [-0.2, -0.15) is 9.38 Å². The lowest BCUT2D eigenvalue weighted by Gasteiger charge is -1.98. The van der Waals surface area contributed by atoms with E-state index in [0.29, 0.717) is 21.9 Å². The Morgan fingerprint density at radius 1 is 1.16 bits per heavy atom. The summed E-state index contributed by atoms with van der Waals surface area (Å²) in [5.41, 5.74) is 1.55. The van der Waals surface area contributed by atoms with Crippen molar-refractivity contribution >= 4 is 23.1 Å². The van der Waals surface area contributed by atoms with Gasteiger partial charge in [0.05, 0.1) is 6.20 Å². The van der Waals surface area contributed by atoms with Gasteiger partial charge in [0, 0.05) is 16.7 Å². The van der Waals surface area contributed by atoms with Crippen LogP contribution in [-0.2, 0) is 0 Å². The van der Waals surface area contributed by atoms with Gasteiger partial charge in [-0.25, -0.2) is 0 Å². The molecule has 0 N–H and O–H groups in total. The Labute approximate surface area is 113 Å². The molecule has 0 unspecified atom stereocenters. The van der Waals surface area contributed by atoms with Gasteiger partial charge in [-0.15, -0.1) is 0 Å². The number of fused-ring (bicyclic) bond motifs is 1. The molecule has 0 bridgehead atoms. The second-order valence-corrected chi connectivity index (χ2v) is 4.41. The van der Waals surface area contributed by atoms with Gasteiger partial charge < -0.3 is 10.1 Å². The zero-order valence-corrected chi connectivity index (χ0v) is 10.4. The zero-order valence-electron chi connectivity index (χ0n) is 9.65. The van der Waals surface area contributed by atoms with E-state index in [1.807, 2.05) is 0 Å². The molecule has 3 rings (SSSR count). The molecule has 2 heterocycles. The molecular weight excluding hydrogens is 266 g/mol. The fourth-order valence-corrected chi connectivity index (χ4v) is 2.08. The summed E-state index contributed by atoms with van der Waals surface area (Å²) in [6.45, 7) is 0. The maximum atomic E-state index is 11.3. The van der Waals surface area contributed by atoms with Gasteiger partial charge in [0.25, 0.3) is 0 Å². The normalized spacial score (nSPS) is 10.8. The Morgan fingerprint density at radius 2 is 1.89 bits per heavy atom. The number of hydrogen-bond donors (Lipinski definition) is 0. The number of benzene rings is 1. The van der Waals surface area contributed by atoms with Crippen LogP contribution in [0.4, 0.5) is 5.82 Å². The summed E-state index contributed by atoms with van der Waals surface area (Å²) in [5, 5.41) is 11.8.